The molecule has 0 aliphatic carbocycles. The van der Waals surface area contributed by atoms with Gasteiger partial charge in [0.1, 0.15) is 11.6 Å². The fraction of sp³-hybridized carbons (Fsp3) is 0.500. The normalized spacial score (nSPS) is 11.6. The van der Waals surface area contributed by atoms with Crippen molar-refractivity contribution in [2.45, 2.75) is 25.9 Å². The zero-order valence-corrected chi connectivity index (χ0v) is 11.6. The topological polar surface area (TPSA) is 47.1 Å². The molecular weight excluding hydrogens is 243 g/mol. The molecule has 4 nitrogen and oxygen atoms in total. The molecule has 1 aromatic carbocycles. The summed E-state index contributed by atoms with van der Waals surface area (Å²) in [7, 11) is 4.01. The Balaban J connectivity index is 2.36. The summed E-state index contributed by atoms with van der Waals surface area (Å²) in [5.41, 5.74) is 7.26. The summed E-state index contributed by atoms with van der Waals surface area (Å²) >= 11 is 0. The number of hydrogen-bond acceptors (Lipinski definition) is 3. The van der Waals surface area contributed by atoms with Gasteiger partial charge in [-0.15, -0.1) is 0 Å². The molecule has 1 heterocycles. The molecular formula is C14H21FN4. The molecule has 2 aromatic rings. The lowest BCUT2D eigenvalue weighted by Gasteiger charge is -2.12. The standard InChI is InChI=1S/C14H21FN4/c1-18(2)10-14-17-12-9-11(15)5-6-13(12)19(14)8-4-3-7-16/h5-6,9H,3-4,7-8,10,16H2,1-2H3. The van der Waals surface area contributed by atoms with Gasteiger partial charge in [0.25, 0.3) is 0 Å². The van der Waals surface area contributed by atoms with Gasteiger partial charge < -0.3 is 15.2 Å². The molecule has 0 bridgehead atoms. The summed E-state index contributed by atoms with van der Waals surface area (Å²) in [6, 6.07) is 4.79. The minimum absolute atomic E-state index is 0.240. The Morgan fingerprint density at radius 3 is 2.79 bits per heavy atom. The molecule has 0 saturated carbocycles. The van der Waals surface area contributed by atoms with Gasteiger partial charge in [-0.2, -0.15) is 0 Å². The first-order valence-corrected chi connectivity index (χ1v) is 6.61. The fourth-order valence-corrected chi connectivity index (χ4v) is 2.22. The molecule has 1 aromatic heterocycles. The number of hydrogen-bond donors (Lipinski definition) is 1. The molecule has 0 unspecified atom stereocenters. The van der Waals surface area contributed by atoms with Gasteiger partial charge >= 0.3 is 0 Å². The highest BCUT2D eigenvalue weighted by Crippen LogP contribution is 2.19. The second-order valence-electron chi connectivity index (χ2n) is 5.05. The predicted octanol–water partition coefficient (Wildman–Crippen LogP) is 1.98. The number of halogens is 1. The number of aromatic nitrogens is 2. The lowest BCUT2D eigenvalue weighted by Crippen LogP contribution is -2.16. The van der Waals surface area contributed by atoms with Crippen molar-refractivity contribution in [2.24, 2.45) is 5.73 Å². The van der Waals surface area contributed by atoms with Crippen molar-refractivity contribution in [2.75, 3.05) is 20.6 Å². The van der Waals surface area contributed by atoms with Gasteiger partial charge in [0.15, 0.2) is 0 Å². The molecule has 2 N–H and O–H groups in total. The molecule has 19 heavy (non-hydrogen) atoms. The maximum atomic E-state index is 13.3. The summed E-state index contributed by atoms with van der Waals surface area (Å²) in [4.78, 5) is 6.61. The molecule has 0 amide bonds. The van der Waals surface area contributed by atoms with Crippen molar-refractivity contribution in [3.63, 3.8) is 0 Å². The van der Waals surface area contributed by atoms with Crippen LogP contribution in [-0.4, -0.2) is 35.1 Å². The third-order valence-electron chi connectivity index (χ3n) is 3.08. The lowest BCUT2D eigenvalue weighted by atomic mass is 10.3. The van der Waals surface area contributed by atoms with Gasteiger partial charge in [-0.05, 0) is 45.6 Å². The van der Waals surface area contributed by atoms with Crippen LogP contribution in [0, 0.1) is 5.82 Å². The number of benzene rings is 1. The SMILES string of the molecule is CN(C)Cc1nc2cc(F)ccc2n1CCCCN. The quantitative estimate of drug-likeness (QED) is 0.812. The summed E-state index contributed by atoms with van der Waals surface area (Å²) in [6.45, 7) is 2.33. The predicted molar refractivity (Wildman–Crippen MR) is 75.4 cm³/mol. The molecule has 2 rings (SSSR count). The second kappa shape index (κ2) is 6.12. The van der Waals surface area contributed by atoms with Crippen molar-refractivity contribution < 1.29 is 4.39 Å². The van der Waals surface area contributed by atoms with Crippen LogP contribution < -0.4 is 5.73 Å². The Morgan fingerprint density at radius 2 is 2.11 bits per heavy atom. The van der Waals surface area contributed by atoms with Gasteiger partial charge in [-0.1, -0.05) is 0 Å². The Kier molecular flexibility index (Phi) is 4.50. The van der Waals surface area contributed by atoms with Crippen LogP contribution in [0.1, 0.15) is 18.7 Å². The number of fused-ring (bicyclic) bond motifs is 1. The van der Waals surface area contributed by atoms with Crippen LogP contribution >= 0.6 is 0 Å². The van der Waals surface area contributed by atoms with E-state index in [9.17, 15) is 4.39 Å². The molecule has 0 atom stereocenters. The molecule has 0 spiro atoms. The van der Waals surface area contributed by atoms with Crippen molar-refractivity contribution in [1.29, 1.82) is 0 Å². The number of imidazole rings is 1. The lowest BCUT2D eigenvalue weighted by molar-refractivity contribution is 0.380. The van der Waals surface area contributed by atoms with Crippen LogP contribution in [0.2, 0.25) is 0 Å². The smallest absolute Gasteiger partial charge is 0.125 e. The molecule has 0 aliphatic heterocycles. The molecule has 0 fully saturated rings. The highest BCUT2D eigenvalue weighted by Gasteiger charge is 2.11. The van der Waals surface area contributed by atoms with Crippen molar-refractivity contribution >= 4 is 11.0 Å². The molecule has 5 heteroatoms. The van der Waals surface area contributed by atoms with E-state index in [1.807, 2.05) is 14.1 Å². The van der Waals surface area contributed by atoms with E-state index in [1.165, 1.54) is 12.1 Å². The van der Waals surface area contributed by atoms with E-state index in [0.717, 1.165) is 42.8 Å². The van der Waals surface area contributed by atoms with Crippen molar-refractivity contribution in [3.8, 4) is 0 Å². The first-order valence-electron chi connectivity index (χ1n) is 6.61. The van der Waals surface area contributed by atoms with Gasteiger partial charge in [-0.3, -0.25) is 0 Å². The number of rotatable bonds is 6. The zero-order valence-electron chi connectivity index (χ0n) is 11.6. The second-order valence-corrected chi connectivity index (χ2v) is 5.05. The van der Waals surface area contributed by atoms with E-state index in [1.54, 1.807) is 6.07 Å². The first-order chi connectivity index (χ1) is 9.11. The molecule has 0 radical (unpaired) electrons. The van der Waals surface area contributed by atoms with E-state index >= 15 is 0 Å². The van der Waals surface area contributed by atoms with Crippen LogP contribution in [0.5, 0.6) is 0 Å². The molecule has 0 saturated heterocycles. The molecule has 104 valence electrons. The van der Waals surface area contributed by atoms with Crippen molar-refractivity contribution in [1.82, 2.24) is 14.5 Å². The summed E-state index contributed by atoms with van der Waals surface area (Å²) in [6.07, 6.45) is 2.00. The summed E-state index contributed by atoms with van der Waals surface area (Å²) < 4.78 is 15.4. The Labute approximate surface area is 113 Å². The van der Waals surface area contributed by atoms with E-state index in [0.29, 0.717) is 6.54 Å². The third kappa shape index (κ3) is 3.30. The molecule has 0 aliphatic rings. The van der Waals surface area contributed by atoms with E-state index in [4.69, 9.17) is 5.73 Å². The van der Waals surface area contributed by atoms with Gasteiger partial charge in [0.05, 0.1) is 17.6 Å². The van der Waals surface area contributed by atoms with Gasteiger partial charge in [0.2, 0.25) is 0 Å². The monoisotopic (exact) mass is 264 g/mol. The van der Waals surface area contributed by atoms with Crippen LogP contribution in [0.3, 0.4) is 0 Å². The van der Waals surface area contributed by atoms with Crippen LogP contribution in [0.25, 0.3) is 11.0 Å². The Bertz CT molecular complexity index is 548. The Hall–Kier alpha value is -1.46. The largest absolute Gasteiger partial charge is 0.330 e. The Morgan fingerprint density at radius 1 is 1.32 bits per heavy atom. The number of nitrogens with zero attached hydrogens (tertiary/aromatic N) is 3. The van der Waals surface area contributed by atoms with Gasteiger partial charge in [0, 0.05) is 12.6 Å². The average Bonchev–Trinajstić information content (AvgIpc) is 2.66. The van der Waals surface area contributed by atoms with Gasteiger partial charge in [-0.25, -0.2) is 9.37 Å². The van der Waals surface area contributed by atoms with E-state index in [-0.39, 0.29) is 5.82 Å². The summed E-state index contributed by atoms with van der Waals surface area (Å²) in [5.74, 6) is 0.734. The van der Waals surface area contributed by atoms with Crippen LogP contribution in [0.4, 0.5) is 4.39 Å². The van der Waals surface area contributed by atoms with Crippen LogP contribution in [0.15, 0.2) is 18.2 Å². The number of unbranched alkanes of at least 4 members (excludes halogenated alkanes) is 1. The highest BCUT2D eigenvalue weighted by atomic mass is 19.1. The van der Waals surface area contributed by atoms with Crippen molar-refractivity contribution in [3.05, 3.63) is 29.8 Å². The first kappa shape index (κ1) is 14.0. The van der Waals surface area contributed by atoms with Crippen LogP contribution in [-0.2, 0) is 13.1 Å². The highest BCUT2D eigenvalue weighted by molar-refractivity contribution is 5.76. The fourth-order valence-electron chi connectivity index (χ4n) is 2.22. The zero-order chi connectivity index (χ0) is 13.8. The minimum atomic E-state index is -0.240. The van der Waals surface area contributed by atoms with E-state index < -0.39 is 0 Å². The summed E-state index contributed by atoms with van der Waals surface area (Å²) in [5, 5.41) is 0. The minimum Gasteiger partial charge on any atom is -0.330 e. The maximum Gasteiger partial charge on any atom is 0.125 e. The maximum absolute atomic E-state index is 13.3. The third-order valence-corrected chi connectivity index (χ3v) is 3.08. The van der Waals surface area contributed by atoms with E-state index in [2.05, 4.69) is 14.5 Å². The number of nitrogens with two attached hydrogens (primary N) is 1. The average molecular weight is 264 g/mol. The number of aryl methyl sites for hydroxylation is 1.